The van der Waals surface area contributed by atoms with Gasteiger partial charge < -0.3 is 15.2 Å². The molecule has 15 heavy (non-hydrogen) atoms. The first kappa shape index (κ1) is 12.3. The van der Waals surface area contributed by atoms with Crippen LogP contribution in [0.2, 0.25) is 0 Å². The third-order valence-electron chi connectivity index (χ3n) is 2.15. The molecular weight excluding hydrogens is 205 g/mol. The maximum atomic E-state index is 10.6. The average molecular weight is 214 g/mol. The van der Waals surface area contributed by atoms with E-state index in [-0.39, 0.29) is 29.6 Å². The molecule has 0 fully saturated rings. The summed E-state index contributed by atoms with van der Waals surface area (Å²) in [5.41, 5.74) is 1.22. The van der Waals surface area contributed by atoms with Crippen molar-refractivity contribution in [3.63, 3.8) is 0 Å². The quantitative estimate of drug-likeness (QED) is 0.521. The van der Waals surface area contributed by atoms with E-state index in [1.807, 2.05) is 12.1 Å². The van der Waals surface area contributed by atoms with Crippen LogP contribution in [0.3, 0.4) is 0 Å². The van der Waals surface area contributed by atoms with Gasteiger partial charge in [0.15, 0.2) is 6.10 Å². The van der Waals surface area contributed by atoms with Crippen molar-refractivity contribution in [2.24, 2.45) is 0 Å². The molecule has 0 radical (unpaired) electrons. The molecule has 1 aromatic heterocycles. The first-order valence-electron chi connectivity index (χ1n) is 4.17. The number of aliphatic carboxylic acids is 1. The molecule has 72 valence electrons. The van der Waals surface area contributed by atoms with E-state index < -0.39 is 12.1 Å². The SMILES string of the molecule is O=C(O)C(O)c1c[nH]c2ccccc12.[Na+]. The number of H-pyrrole nitrogens is 1. The second-order valence-corrected chi connectivity index (χ2v) is 3.03. The van der Waals surface area contributed by atoms with E-state index in [0.717, 1.165) is 10.9 Å². The third-order valence-corrected chi connectivity index (χ3v) is 2.15. The molecule has 0 saturated heterocycles. The van der Waals surface area contributed by atoms with Crippen LogP contribution < -0.4 is 29.6 Å². The molecule has 0 aliphatic heterocycles. The monoisotopic (exact) mass is 214 g/mol. The van der Waals surface area contributed by atoms with E-state index in [4.69, 9.17) is 5.11 Å². The molecule has 0 aliphatic rings. The van der Waals surface area contributed by atoms with Crippen LogP contribution in [0.25, 0.3) is 10.9 Å². The molecule has 0 saturated carbocycles. The maximum Gasteiger partial charge on any atom is 1.00 e. The fourth-order valence-electron chi connectivity index (χ4n) is 1.45. The van der Waals surface area contributed by atoms with Gasteiger partial charge in [-0.15, -0.1) is 0 Å². The summed E-state index contributed by atoms with van der Waals surface area (Å²) >= 11 is 0. The van der Waals surface area contributed by atoms with Crippen LogP contribution in [0.15, 0.2) is 30.5 Å². The first-order valence-corrected chi connectivity index (χ1v) is 4.17. The molecule has 0 amide bonds. The summed E-state index contributed by atoms with van der Waals surface area (Å²) < 4.78 is 0. The molecule has 0 bridgehead atoms. The summed E-state index contributed by atoms with van der Waals surface area (Å²) in [6.45, 7) is 0. The van der Waals surface area contributed by atoms with Crippen molar-refractivity contribution >= 4 is 16.9 Å². The third kappa shape index (κ3) is 2.23. The smallest absolute Gasteiger partial charge is 0.479 e. The maximum absolute atomic E-state index is 10.6. The number of aliphatic hydroxyl groups excluding tert-OH is 1. The minimum absolute atomic E-state index is 0. The number of para-hydroxylation sites is 1. The van der Waals surface area contributed by atoms with Gasteiger partial charge in [0.25, 0.3) is 0 Å². The van der Waals surface area contributed by atoms with Crippen molar-refractivity contribution in [2.75, 3.05) is 0 Å². The Morgan fingerprint density at radius 1 is 1.33 bits per heavy atom. The van der Waals surface area contributed by atoms with E-state index in [1.165, 1.54) is 6.20 Å². The zero-order chi connectivity index (χ0) is 10.1. The molecule has 0 spiro atoms. The van der Waals surface area contributed by atoms with Crippen molar-refractivity contribution in [1.82, 2.24) is 4.98 Å². The minimum Gasteiger partial charge on any atom is -0.479 e. The van der Waals surface area contributed by atoms with Crippen molar-refractivity contribution in [2.45, 2.75) is 6.10 Å². The zero-order valence-electron chi connectivity index (χ0n) is 8.27. The molecule has 1 aromatic carbocycles. The average Bonchev–Trinajstić information content (AvgIpc) is 2.60. The molecule has 5 heteroatoms. The van der Waals surface area contributed by atoms with Crippen molar-refractivity contribution < 1.29 is 44.6 Å². The topological polar surface area (TPSA) is 73.3 Å². The number of benzene rings is 1. The van der Waals surface area contributed by atoms with Gasteiger partial charge in [-0.1, -0.05) is 18.2 Å². The number of aromatic amines is 1. The normalized spacial score (nSPS) is 12.1. The largest absolute Gasteiger partial charge is 1.00 e. The van der Waals surface area contributed by atoms with Crippen molar-refractivity contribution in [3.8, 4) is 0 Å². The minimum atomic E-state index is -1.47. The fraction of sp³-hybridized carbons (Fsp3) is 0.100. The molecule has 4 nitrogen and oxygen atoms in total. The fourth-order valence-corrected chi connectivity index (χ4v) is 1.45. The molecule has 3 N–H and O–H groups in total. The number of hydrogen-bond donors (Lipinski definition) is 3. The van der Waals surface area contributed by atoms with Gasteiger partial charge >= 0.3 is 35.5 Å². The molecular formula is C10H9NNaO3+. The van der Waals surface area contributed by atoms with Gasteiger partial charge in [-0.25, -0.2) is 4.79 Å². The number of fused-ring (bicyclic) bond motifs is 1. The molecule has 1 unspecified atom stereocenters. The Morgan fingerprint density at radius 3 is 2.67 bits per heavy atom. The Kier molecular flexibility index (Phi) is 3.93. The first-order chi connectivity index (χ1) is 6.70. The standard InChI is InChI=1S/C10H9NO3.Na/c12-9(10(13)14)7-5-11-8-4-2-1-3-6(7)8;/h1-5,9,11-12H,(H,13,14);/q;+1. The Balaban J connectivity index is 0.00000112. The van der Waals surface area contributed by atoms with Crippen LogP contribution in [0, 0.1) is 0 Å². The summed E-state index contributed by atoms with van der Waals surface area (Å²) in [5, 5.41) is 18.8. The van der Waals surface area contributed by atoms with Crippen molar-refractivity contribution in [3.05, 3.63) is 36.0 Å². The van der Waals surface area contributed by atoms with Gasteiger partial charge in [-0.3, -0.25) is 0 Å². The molecule has 1 heterocycles. The summed E-state index contributed by atoms with van der Waals surface area (Å²) in [6, 6.07) is 7.24. The van der Waals surface area contributed by atoms with Crippen molar-refractivity contribution in [1.29, 1.82) is 0 Å². The Morgan fingerprint density at radius 2 is 2.00 bits per heavy atom. The van der Waals surface area contributed by atoms with E-state index in [0.29, 0.717) is 5.56 Å². The number of aromatic nitrogens is 1. The van der Waals surface area contributed by atoms with Crippen LogP contribution in [0.5, 0.6) is 0 Å². The van der Waals surface area contributed by atoms with Gasteiger partial charge in [0.05, 0.1) is 0 Å². The Labute approximate surface area is 108 Å². The molecule has 2 rings (SSSR count). The van der Waals surface area contributed by atoms with Gasteiger partial charge in [0, 0.05) is 22.7 Å². The van der Waals surface area contributed by atoms with Gasteiger partial charge in [0.1, 0.15) is 0 Å². The van der Waals surface area contributed by atoms with Gasteiger partial charge in [-0.2, -0.15) is 0 Å². The summed E-state index contributed by atoms with van der Waals surface area (Å²) in [4.78, 5) is 13.5. The second kappa shape index (κ2) is 4.81. The van der Waals surface area contributed by atoms with E-state index in [2.05, 4.69) is 4.98 Å². The number of rotatable bonds is 2. The number of carbonyl (C=O) groups is 1. The number of nitrogens with one attached hydrogen (secondary N) is 1. The summed E-state index contributed by atoms with van der Waals surface area (Å²) in [6.07, 6.45) is 0.0508. The molecule has 0 aliphatic carbocycles. The second-order valence-electron chi connectivity index (χ2n) is 3.03. The Bertz CT molecular complexity index is 480. The number of carboxylic acids is 1. The molecule has 1 atom stereocenters. The van der Waals surface area contributed by atoms with Crippen LogP contribution in [0.1, 0.15) is 11.7 Å². The predicted molar refractivity (Wildman–Crippen MR) is 50.9 cm³/mol. The van der Waals surface area contributed by atoms with Crippen LogP contribution in [-0.4, -0.2) is 21.2 Å². The van der Waals surface area contributed by atoms with Crippen LogP contribution in [0.4, 0.5) is 0 Å². The number of carboxylic acid groups (broad SMARTS) is 1. The number of hydrogen-bond acceptors (Lipinski definition) is 2. The van der Waals surface area contributed by atoms with Gasteiger partial charge in [0.2, 0.25) is 0 Å². The van der Waals surface area contributed by atoms with Crippen LogP contribution >= 0.6 is 0 Å². The van der Waals surface area contributed by atoms with Crippen LogP contribution in [-0.2, 0) is 4.79 Å². The van der Waals surface area contributed by atoms with E-state index in [9.17, 15) is 9.90 Å². The number of aliphatic hydroxyl groups is 1. The summed E-state index contributed by atoms with van der Waals surface area (Å²) in [7, 11) is 0. The Hall–Kier alpha value is -0.810. The summed E-state index contributed by atoms with van der Waals surface area (Å²) in [5.74, 6) is -1.24. The van der Waals surface area contributed by atoms with E-state index in [1.54, 1.807) is 12.1 Å². The zero-order valence-corrected chi connectivity index (χ0v) is 10.3. The van der Waals surface area contributed by atoms with Gasteiger partial charge in [-0.05, 0) is 6.07 Å². The predicted octanol–water partition coefficient (Wildman–Crippen LogP) is -1.71. The molecule has 2 aromatic rings. The van der Waals surface area contributed by atoms with E-state index >= 15 is 0 Å².